The predicted molar refractivity (Wildman–Crippen MR) is 105 cm³/mol. The van der Waals surface area contributed by atoms with Crippen molar-refractivity contribution >= 4 is 11.6 Å². The topological polar surface area (TPSA) is 71.3 Å². The zero-order valence-corrected chi connectivity index (χ0v) is 16.7. The highest BCUT2D eigenvalue weighted by atomic mass is 16.5. The zero-order valence-electron chi connectivity index (χ0n) is 16.7. The largest absolute Gasteiger partial charge is 0.493 e. The molecular formula is C21H24N2O5. The lowest BCUT2D eigenvalue weighted by Gasteiger charge is -2.14. The smallest absolute Gasteiger partial charge is 0.311 e. The highest BCUT2D eigenvalue weighted by Gasteiger charge is 2.22. The average Bonchev–Trinajstić information content (AvgIpc) is 3.06. The summed E-state index contributed by atoms with van der Waals surface area (Å²) in [5, 5.41) is 0. The minimum absolute atomic E-state index is 0.102. The van der Waals surface area contributed by atoms with Gasteiger partial charge in [-0.25, -0.2) is 4.98 Å². The summed E-state index contributed by atoms with van der Waals surface area (Å²) in [6.45, 7) is 4.10. The fourth-order valence-corrected chi connectivity index (χ4v) is 3.22. The Morgan fingerprint density at radius 1 is 1.11 bits per heavy atom. The van der Waals surface area contributed by atoms with Crippen molar-refractivity contribution in [3.05, 3.63) is 41.7 Å². The van der Waals surface area contributed by atoms with Gasteiger partial charge in [-0.2, -0.15) is 0 Å². The molecule has 2 aromatic heterocycles. The molecule has 0 radical (unpaired) electrons. The van der Waals surface area contributed by atoms with E-state index >= 15 is 0 Å². The molecule has 28 heavy (non-hydrogen) atoms. The van der Waals surface area contributed by atoms with Crippen molar-refractivity contribution in [1.82, 2.24) is 9.38 Å². The van der Waals surface area contributed by atoms with Gasteiger partial charge in [-0.15, -0.1) is 0 Å². The van der Waals surface area contributed by atoms with Gasteiger partial charge < -0.3 is 23.3 Å². The second kappa shape index (κ2) is 8.21. The van der Waals surface area contributed by atoms with Crippen LogP contribution in [0, 0.1) is 6.92 Å². The monoisotopic (exact) mass is 384 g/mol. The molecule has 0 aliphatic rings. The van der Waals surface area contributed by atoms with E-state index in [0.717, 1.165) is 22.5 Å². The molecule has 0 aliphatic heterocycles. The number of aromatic nitrogens is 2. The molecule has 0 atom stereocenters. The summed E-state index contributed by atoms with van der Waals surface area (Å²) in [5.41, 5.74) is 3.96. The number of rotatable bonds is 7. The van der Waals surface area contributed by atoms with Gasteiger partial charge in [0.1, 0.15) is 5.65 Å². The number of ether oxygens (including phenoxy) is 4. The van der Waals surface area contributed by atoms with Crippen molar-refractivity contribution in [3.8, 4) is 28.5 Å². The molecular weight excluding hydrogens is 360 g/mol. The number of carbonyl (C=O) groups excluding carboxylic acids is 1. The summed E-state index contributed by atoms with van der Waals surface area (Å²) >= 11 is 0. The van der Waals surface area contributed by atoms with Crippen LogP contribution in [0.15, 0.2) is 30.5 Å². The summed E-state index contributed by atoms with van der Waals surface area (Å²) in [6.07, 6.45) is 2.00. The number of nitrogens with zero attached hydrogens (tertiary/aromatic N) is 2. The molecule has 0 saturated carbocycles. The molecule has 2 heterocycles. The van der Waals surface area contributed by atoms with E-state index in [4.69, 9.17) is 23.9 Å². The van der Waals surface area contributed by atoms with Gasteiger partial charge in [0.2, 0.25) is 5.75 Å². The van der Waals surface area contributed by atoms with Crippen molar-refractivity contribution in [1.29, 1.82) is 0 Å². The Morgan fingerprint density at radius 2 is 1.79 bits per heavy atom. The number of aryl methyl sites for hydroxylation is 1. The Morgan fingerprint density at radius 3 is 2.36 bits per heavy atom. The Kier molecular flexibility index (Phi) is 5.73. The Bertz CT molecular complexity index is 984. The maximum absolute atomic E-state index is 12.2. The van der Waals surface area contributed by atoms with Gasteiger partial charge in [-0.1, -0.05) is 6.07 Å². The number of pyridine rings is 1. The fourth-order valence-electron chi connectivity index (χ4n) is 3.22. The van der Waals surface area contributed by atoms with Crippen molar-refractivity contribution in [3.63, 3.8) is 0 Å². The molecule has 3 rings (SSSR count). The van der Waals surface area contributed by atoms with E-state index < -0.39 is 0 Å². The number of imidazole rings is 1. The normalized spacial score (nSPS) is 10.8. The number of benzene rings is 1. The van der Waals surface area contributed by atoms with E-state index in [2.05, 4.69) is 0 Å². The summed E-state index contributed by atoms with van der Waals surface area (Å²) in [7, 11) is 4.68. The number of fused-ring (bicyclic) bond motifs is 1. The molecule has 0 N–H and O–H groups in total. The Hall–Kier alpha value is -3.22. The second-order valence-corrected chi connectivity index (χ2v) is 6.19. The molecule has 0 fully saturated rings. The third-order valence-electron chi connectivity index (χ3n) is 4.50. The SMILES string of the molecule is CCOC(=O)Cc1c(-c2cc(OC)c(OC)c(OC)c2)nc2c(C)cccn12. The summed E-state index contributed by atoms with van der Waals surface area (Å²) in [5.74, 6) is 1.24. The molecule has 148 valence electrons. The van der Waals surface area contributed by atoms with Crippen LogP contribution in [0.1, 0.15) is 18.2 Å². The standard InChI is InChI=1S/C21H24N2O5/c1-6-28-18(24)12-15-19(22-21-13(2)8-7-9-23(15)21)14-10-16(25-3)20(27-5)17(11-14)26-4/h7-11H,6,12H2,1-5H3. The molecule has 0 amide bonds. The maximum atomic E-state index is 12.2. The van der Waals surface area contributed by atoms with Crippen LogP contribution in [-0.4, -0.2) is 43.3 Å². The molecule has 7 nitrogen and oxygen atoms in total. The second-order valence-electron chi connectivity index (χ2n) is 6.19. The maximum Gasteiger partial charge on any atom is 0.311 e. The zero-order chi connectivity index (χ0) is 20.3. The third-order valence-corrected chi connectivity index (χ3v) is 4.50. The first-order chi connectivity index (χ1) is 13.5. The molecule has 0 saturated heterocycles. The number of hydrogen-bond donors (Lipinski definition) is 0. The minimum atomic E-state index is -0.306. The minimum Gasteiger partial charge on any atom is -0.493 e. The quantitative estimate of drug-likeness (QED) is 0.581. The van der Waals surface area contributed by atoms with Gasteiger partial charge in [-0.05, 0) is 37.6 Å². The van der Waals surface area contributed by atoms with Crippen molar-refractivity contribution < 1.29 is 23.7 Å². The van der Waals surface area contributed by atoms with E-state index in [-0.39, 0.29) is 12.4 Å². The van der Waals surface area contributed by atoms with Crippen LogP contribution >= 0.6 is 0 Å². The average molecular weight is 384 g/mol. The Balaban J connectivity index is 2.25. The molecule has 0 unspecified atom stereocenters. The van der Waals surface area contributed by atoms with Gasteiger partial charge in [0, 0.05) is 11.8 Å². The highest BCUT2D eigenvalue weighted by Crippen LogP contribution is 2.42. The first-order valence-corrected chi connectivity index (χ1v) is 8.96. The lowest BCUT2D eigenvalue weighted by Crippen LogP contribution is -2.10. The summed E-state index contributed by atoms with van der Waals surface area (Å²) < 4.78 is 23.4. The van der Waals surface area contributed by atoms with E-state index in [0.29, 0.717) is 29.5 Å². The van der Waals surface area contributed by atoms with Gasteiger partial charge in [-0.3, -0.25) is 4.79 Å². The van der Waals surface area contributed by atoms with Gasteiger partial charge >= 0.3 is 5.97 Å². The van der Waals surface area contributed by atoms with E-state index in [1.165, 1.54) is 0 Å². The van der Waals surface area contributed by atoms with Crippen LogP contribution in [0.4, 0.5) is 0 Å². The number of methoxy groups -OCH3 is 3. The summed E-state index contributed by atoms with van der Waals surface area (Å²) in [4.78, 5) is 17.0. The molecule has 0 aliphatic carbocycles. The molecule has 3 aromatic rings. The number of hydrogen-bond acceptors (Lipinski definition) is 6. The van der Waals surface area contributed by atoms with Crippen LogP contribution in [0.5, 0.6) is 17.2 Å². The van der Waals surface area contributed by atoms with E-state index in [1.54, 1.807) is 28.3 Å². The number of esters is 1. The van der Waals surface area contributed by atoms with E-state index in [1.807, 2.05) is 41.8 Å². The van der Waals surface area contributed by atoms with Gasteiger partial charge in [0.25, 0.3) is 0 Å². The molecule has 0 spiro atoms. The predicted octanol–water partition coefficient (Wildman–Crippen LogP) is 3.44. The first kappa shape index (κ1) is 19.5. The van der Waals surface area contributed by atoms with Crippen LogP contribution in [0.2, 0.25) is 0 Å². The lowest BCUT2D eigenvalue weighted by atomic mass is 10.1. The van der Waals surface area contributed by atoms with Crippen LogP contribution in [-0.2, 0) is 16.0 Å². The third kappa shape index (κ3) is 3.47. The molecule has 0 bridgehead atoms. The van der Waals surface area contributed by atoms with Gasteiger partial charge in [0.05, 0.1) is 45.7 Å². The first-order valence-electron chi connectivity index (χ1n) is 8.96. The fraction of sp³-hybridized carbons (Fsp3) is 0.333. The highest BCUT2D eigenvalue weighted by molar-refractivity contribution is 5.79. The van der Waals surface area contributed by atoms with Crippen LogP contribution in [0.3, 0.4) is 0 Å². The van der Waals surface area contributed by atoms with Gasteiger partial charge in [0.15, 0.2) is 11.5 Å². The van der Waals surface area contributed by atoms with Crippen LogP contribution < -0.4 is 14.2 Å². The van der Waals surface area contributed by atoms with Crippen molar-refractivity contribution in [2.24, 2.45) is 0 Å². The van der Waals surface area contributed by atoms with E-state index in [9.17, 15) is 4.79 Å². The molecule has 7 heteroatoms. The molecule has 1 aromatic carbocycles. The number of carbonyl (C=O) groups is 1. The summed E-state index contributed by atoms with van der Waals surface area (Å²) in [6, 6.07) is 7.56. The van der Waals surface area contributed by atoms with Crippen molar-refractivity contribution in [2.45, 2.75) is 20.3 Å². The van der Waals surface area contributed by atoms with Crippen LogP contribution in [0.25, 0.3) is 16.9 Å². The lowest BCUT2D eigenvalue weighted by molar-refractivity contribution is -0.142. The van der Waals surface area contributed by atoms with Crippen molar-refractivity contribution in [2.75, 3.05) is 27.9 Å². The Labute approximate surface area is 163 Å².